The minimum Gasteiger partial charge on any atom is -0.337 e. The van der Waals surface area contributed by atoms with Crippen molar-refractivity contribution in [2.24, 2.45) is 17.8 Å². The van der Waals surface area contributed by atoms with Gasteiger partial charge in [0.1, 0.15) is 5.69 Å². The fraction of sp³-hybridized carbons (Fsp3) is 0.762. The van der Waals surface area contributed by atoms with Gasteiger partial charge in [-0.2, -0.15) is 0 Å². The maximum Gasteiger partial charge on any atom is 0.271 e. The van der Waals surface area contributed by atoms with E-state index in [0.717, 1.165) is 13.1 Å². The standard InChI is InChI=1S/C21H32N4O2/c1-14(2)6-7-19-16-9-15(18-5-3-4-8-25(18)19)12-24(13-16)21(27)17-10-22-11-20(26)23-17/h10-11,14-16,18-19H,3-9,12-13H2,1-2H3,(H,23,26)/t15-,16+,18+,19+/m1/s1. The minimum atomic E-state index is -0.314. The average Bonchev–Trinajstić information content (AvgIpc) is 2.67. The maximum absolute atomic E-state index is 13.0. The lowest BCUT2D eigenvalue weighted by Crippen LogP contribution is -2.64. The molecule has 1 N–H and O–H groups in total. The van der Waals surface area contributed by atoms with E-state index in [1.54, 1.807) is 0 Å². The molecule has 148 valence electrons. The number of aromatic nitrogens is 2. The molecule has 0 aromatic carbocycles. The van der Waals surface area contributed by atoms with E-state index in [1.165, 1.54) is 57.5 Å². The van der Waals surface area contributed by atoms with Crippen LogP contribution < -0.4 is 5.56 Å². The van der Waals surface area contributed by atoms with Crippen LogP contribution in [-0.4, -0.2) is 57.4 Å². The quantitative estimate of drug-likeness (QED) is 0.882. The highest BCUT2D eigenvalue weighted by molar-refractivity contribution is 5.92. The molecule has 4 rings (SSSR count). The molecular weight excluding hydrogens is 340 g/mol. The monoisotopic (exact) mass is 372 g/mol. The smallest absolute Gasteiger partial charge is 0.271 e. The summed E-state index contributed by atoms with van der Waals surface area (Å²) in [6, 6.07) is 1.22. The number of piperidine rings is 3. The van der Waals surface area contributed by atoms with Crippen molar-refractivity contribution >= 4 is 5.91 Å². The van der Waals surface area contributed by atoms with E-state index >= 15 is 0 Å². The molecule has 1 aromatic heterocycles. The maximum atomic E-state index is 13.0. The highest BCUT2D eigenvalue weighted by atomic mass is 16.2. The number of carbonyl (C=O) groups excluding carboxylic acids is 1. The van der Waals surface area contributed by atoms with E-state index in [1.807, 2.05) is 4.90 Å². The third-order valence-electron chi connectivity index (χ3n) is 6.83. The zero-order chi connectivity index (χ0) is 19.0. The number of rotatable bonds is 4. The number of hydrogen-bond donors (Lipinski definition) is 1. The van der Waals surface area contributed by atoms with E-state index in [2.05, 4.69) is 28.7 Å². The molecule has 3 fully saturated rings. The van der Waals surface area contributed by atoms with Crippen LogP contribution in [-0.2, 0) is 0 Å². The highest BCUT2D eigenvalue weighted by Gasteiger charge is 2.47. The van der Waals surface area contributed by atoms with E-state index < -0.39 is 0 Å². The first kappa shape index (κ1) is 18.7. The second-order valence-electron chi connectivity index (χ2n) is 9.12. The summed E-state index contributed by atoms with van der Waals surface area (Å²) >= 11 is 0. The molecule has 4 atom stereocenters. The Bertz CT molecular complexity index is 731. The van der Waals surface area contributed by atoms with E-state index in [4.69, 9.17) is 0 Å². The molecule has 3 saturated heterocycles. The van der Waals surface area contributed by atoms with Gasteiger partial charge in [-0.05, 0) is 56.4 Å². The number of likely N-dealkylation sites (tertiary alicyclic amines) is 1. The molecule has 6 nitrogen and oxygen atoms in total. The summed E-state index contributed by atoms with van der Waals surface area (Å²) in [5, 5.41) is 0. The lowest BCUT2D eigenvalue weighted by atomic mass is 9.71. The van der Waals surface area contributed by atoms with Crippen LogP contribution in [0.4, 0.5) is 0 Å². The third kappa shape index (κ3) is 3.82. The number of nitrogens with zero attached hydrogens (tertiary/aromatic N) is 3. The Morgan fingerprint density at radius 3 is 2.85 bits per heavy atom. The summed E-state index contributed by atoms with van der Waals surface area (Å²) in [6.07, 6.45) is 10.3. The molecule has 2 bridgehead atoms. The second-order valence-corrected chi connectivity index (χ2v) is 9.12. The van der Waals surface area contributed by atoms with Crippen LogP contribution in [0.25, 0.3) is 0 Å². The predicted octanol–water partition coefficient (Wildman–Crippen LogP) is 2.52. The van der Waals surface area contributed by atoms with Crippen LogP contribution in [0.3, 0.4) is 0 Å². The molecular formula is C21H32N4O2. The fourth-order valence-electron chi connectivity index (χ4n) is 5.63. The van der Waals surface area contributed by atoms with Gasteiger partial charge < -0.3 is 9.88 Å². The lowest BCUT2D eigenvalue weighted by Gasteiger charge is -2.57. The van der Waals surface area contributed by atoms with Gasteiger partial charge in [0, 0.05) is 25.2 Å². The van der Waals surface area contributed by atoms with Crippen molar-refractivity contribution in [3.05, 3.63) is 28.4 Å². The largest absolute Gasteiger partial charge is 0.337 e. The Hall–Kier alpha value is -1.69. The van der Waals surface area contributed by atoms with Crippen molar-refractivity contribution in [3.63, 3.8) is 0 Å². The fourth-order valence-corrected chi connectivity index (χ4v) is 5.63. The van der Waals surface area contributed by atoms with Crippen molar-refractivity contribution in [2.45, 2.75) is 64.5 Å². The molecule has 0 spiro atoms. The van der Waals surface area contributed by atoms with Gasteiger partial charge in [-0.3, -0.25) is 19.5 Å². The van der Waals surface area contributed by atoms with Crippen LogP contribution in [0.5, 0.6) is 0 Å². The molecule has 27 heavy (non-hydrogen) atoms. The Morgan fingerprint density at radius 2 is 2.07 bits per heavy atom. The molecule has 4 heterocycles. The van der Waals surface area contributed by atoms with Crippen molar-refractivity contribution in [2.75, 3.05) is 19.6 Å². The Balaban J connectivity index is 1.55. The molecule has 0 unspecified atom stereocenters. The minimum absolute atomic E-state index is 0.0678. The number of H-pyrrole nitrogens is 1. The molecule has 6 heteroatoms. The number of amides is 1. The molecule has 1 amide bonds. The summed E-state index contributed by atoms with van der Waals surface area (Å²) < 4.78 is 0. The molecule has 0 aliphatic carbocycles. The van der Waals surface area contributed by atoms with Gasteiger partial charge in [0.15, 0.2) is 0 Å². The van der Waals surface area contributed by atoms with Crippen LogP contribution in [0.1, 0.15) is 62.9 Å². The number of nitrogens with one attached hydrogen (secondary N) is 1. The SMILES string of the molecule is CC(C)CC[C@H]1[C@H]2C[C@H](CN(C(=O)c3cncc(=O)[nH]3)C2)[C@@H]2CCCCN21. The van der Waals surface area contributed by atoms with Gasteiger partial charge in [-0.25, -0.2) is 0 Å². The predicted molar refractivity (Wildman–Crippen MR) is 105 cm³/mol. The Morgan fingerprint density at radius 1 is 1.26 bits per heavy atom. The van der Waals surface area contributed by atoms with Gasteiger partial charge in [0.2, 0.25) is 0 Å². The van der Waals surface area contributed by atoms with Gasteiger partial charge in [0.05, 0.1) is 12.4 Å². The van der Waals surface area contributed by atoms with Gasteiger partial charge in [-0.1, -0.05) is 20.3 Å². The van der Waals surface area contributed by atoms with Crippen molar-refractivity contribution in [1.82, 2.24) is 19.8 Å². The second kappa shape index (κ2) is 7.74. The topological polar surface area (TPSA) is 69.3 Å². The Kier molecular flexibility index (Phi) is 5.35. The first-order valence-electron chi connectivity index (χ1n) is 10.6. The zero-order valence-electron chi connectivity index (χ0n) is 16.6. The van der Waals surface area contributed by atoms with E-state index in [9.17, 15) is 9.59 Å². The molecule has 0 saturated carbocycles. The van der Waals surface area contributed by atoms with Crippen LogP contribution in [0.2, 0.25) is 0 Å². The number of aromatic amines is 1. The van der Waals surface area contributed by atoms with E-state index in [-0.39, 0.29) is 11.5 Å². The number of carbonyl (C=O) groups is 1. The first-order chi connectivity index (χ1) is 13.0. The lowest BCUT2D eigenvalue weighted by molar-refractivity contribution is -0.0682. The van der Waals surface area contributed by atoms with Gasteiger partial charge in [-0.15, -0.1) is 0 Å². The first-order valence-corrected chi connectivity index (χ1v) is 10.6. The molecule has 0 radical (unpaired) electrons. The van der Waals surface area contributed by atoms with Crippen molar-refractivity contribution < 1.29 is 4.79 Å². The third-order valence-corrected chi connectivity index (χ3v) is 6.83. The van der Waals surface area contributed by atoms with E-state index in [0.29, 0.717) is 35.5 Å². The number of fused-ring (bicyclic) bond motifs is 4. The molecule has 3 aliphatic heterocycles. The highest BCUT2D eigenvalue weighted by Crippen LogP contribution is 2.42. The normalized spacial score (nSPS) is 31.0. The summed E-state index contributed by atoms with van der Waals surface area (Å²) in [4.78, 5) is 35.9. The summed E-state index contributed by atoms with van der Waals surface area (Å²) in [5.41, 5.74) is 0.00743. The van der Waals surface area contributed by atoms with Crippen LogP contribution in [0.15, 0.2) is 17.2 Å². The summed E-state index contributed by atoms with van der Waals surface area (Å²) in [5.74, 6) is 1.76. The number of hydrogen-bond acceptors (Lipinski definition) is 4. The molecule has 1 aromatic rings. The van der Waals surface area contributed by atoms with Crippen molar-refractivity contribution in [3.8, 4) is 0 Å². The molecule has 3 aliphatic rings. The van der Waals surface area contributed by atoms with Crippen LogP contribution >= 0.6 is 0 Å². The summed E-state index contributed by atoms with van der Waals surface area (Å²) in [7, 11) is 0. The summed E-state index contributed by atoms with van der Waals surface area (Å²) in [6.45, 7) is 7.44. The van der Waals surface area contributed by atoms with Gasteiger partial charge >= 0.3 is 0 Å². The Labute approximate surface area is 161 Å². The zero-order valence-corrected chi connectivity index (χ0v) is 16.6. The van der Waals surface area contributed by atoms with Crippen LogP contribution in [0, 0.1) is 17.8 Å². The van der Waals surface area contributed by atoms with Crippen molar-refractivity contribution in [1.29, 1.82) is 0 Å². The van der Waals surface area contributed by atoms with Gasteiger partial charge in [0.25, 0.3) is 11.5 Å². The average molecular weight is 373 g/mol.